The predicted molar refractivity (Wildman–Crippen MR) is 93.7 cm³/mol. The van der Waals surface area contributed by atoms with Gasteiger partial charge in [0.2, 0.25) is 0 Å². The molecule has 1 amide bonds. The molecule has 0 aliphatic heterocycles. The Morgan fingerprint density at radius 2 is 2.00 bits per heavy atom. The molecule has 1 aliphatic rings. The molecule has 0 spiro atoms. The van der Waals surface area contributed by atoms with E-state index in [0.29, 0.717) is 27.1 Å². The van der Waals surface area contributed by atoms with Crippen LogP contribution in [-0.2, 0) is 0 Å². The maximum absolute atomic E-state index is 12.7. The van der Waals surface area contributed by atoms with Gasteiger partial charge in [-0.2, -0.15) is 0 Å². The lowest BCUT2D eigenvalue weighted by atomic mass is 10.2. The number of fused-ring (bicyclic) bond motifs is 2. The van der Waals surface area contributed by atoms with Crippen LogP contribution in [0, 0.1) is 0 Å². The highest BCUT2D eigenvalue weighted by molar-refractivity contribution is 6.31. The number of halogens is 1. The zero-order chi connectivity index (χ0) is 16.7. The number of amides is 1. The SMILES string of the molecule is O=C(NC1CCCC1)c1ccc2nc3ccc(Cl)cc3c(=O)n2c1. The molecule has 0 saturated heterocycles. The van der Waals surface area contributed by atoms with Gasteiger partial charge in [-0.15, -0.1) is 0 Å². The van der Waals surface area contributed by atoms with Crippen LogP contribution in [0.2, 0.25) is 5.02 Å². The number of carbonyl (C=O) groups excluding carboxylic acids is 1. The fourth-order valence-corrected chi connectivity index (χ4v) is 3.42. The first-order valence-electron chi connectivity index (χ1n) is 8.04. The van der Waals surface area contributed by atoms with Gasteiger partial charge in [-0.05, 0) is 43.2 Å². The first kappa shape index (κ1) is 15.1. The van der Waals surface area contributed by atoms with E-state index < -0.39 is 0 Å². The average molecular weight is 342 g/mol. The Hall–Kier alpha value is -2.40. The van der Waals surface area contributed by atoms with Crippen LogP contribution >= 0.6 is 11.6 Å². The van der Waals surface area contributed by atoms with Gasteiger partial charge < -0.3 is 5.32 Å². The van der Waals surface area contributed by atoms with E-state index in [9.17, 15) is 9.59 Å². The Bertz CT molecular complexity index is 1010. The summed E-state index contributed by atoms with van der Waals surface area (Å²) in [6.07, 6.45) is 5.89. The van der Waals surface area contributed by atoms with E-state index in [1.807, 2.05) is 0 Å². The minimum atomic E-state index is -0.229. The molecule has 1 saturated carbocycles. The number of nitrogens with zero attached hydrogens (tertiary/aromatic N) is 2. The summed E-state index contributed by atoms with van der Waals surface area (Å²) in [5.41, 5.74) is 1.33. The Morgan fingerprint density at radius 3 is 2.79 bits per heavy atom. The van der Waals surface area contributed by atoms with E-state index in [2.05, 4.69) is 10.3 Å². The molecule has 0 bridgehead atoms. The fourth-order valence-electron chi connectivity index (χ4n) is 3.25. The third-order valence-corrected chi connectivity index (χ3v) is 4.76. The molecule has 5 nitrogen and oxygen atoms in total. The molecule has 1 aliphatic carbocycles. The zero-order valence-electron chi connectivity index (χ0n) is 13.0. The summed E-state index contributed by atoms with van der Waals surface area (Å²) in [6, 6.07) is 8.66. The minimum absolute atomic E-state index is 0.151. The smallest absolute Gasteiger partial charge is 0.265 e. The number of nitrogens with one attached hydrogen (secondary N) is 1. The molecule has 0 radical (unpaired) electrons. The van der Waals surface area contributed by atoms with Crippen LogP contribution in [-0.4, -0.2) is 21.3 Å². The molecule has 24 heavy (non-hydrogen) atoms. The van der Waals surface area contributed by atoms with Crippen molar-refractivity contribution in [2.45, 2.75) is 31.7 Å². The first-order valence-corrected chi connectivity index (χ1v) is 8.42. The third kappa shape index (κ3) is 2.65. The van der Waals surface area contributed by atoms with Crippen LogP contribution in [0.3, 0.4) is 0 Å². The van der Waals surface area contributed by atoms with Gasteiger partial charge in [-0.1, -0.05) is 24.4 Å². The van der Waals surface area contributed by atoms with E-state index in [0.717, 1.165) is 25.7 Å². The summed E-state index contributed by atoms with van der Waals surface area (Å²) in [5.74, 6) is -0.151. The van der Waals surface area contributed by atoms with E-state index in [4.69, 9.17) is 11.6 Å². The van der Waals surface area contributed by atoms with Crippen molar-refractivity contribution < 1.29 is 4.79 Å². The van der Waals surface area contributed by atoms with Crippen LogP contribution in [0.15, 0.2) is 41.3 Å². The Balaban J connectivity index is 1.79. The summed E-state index contributed by atoms with van der Waals surface area (Å²) < 4.78 is 1.40. The van der Waals surface area contributed by atoms with E-state index in [1.165, 1.54) is 4.40 Å². The molecule has 6 heteroatoms. The highest BCUT2D eigenvalue weighted by atomic mass is 35.5. The molecule has 2 aromatic heterocycles. The number of aromatic nitrogens is 2. The maximum Gasteiger partial charge on any atom is 0.265 e. The normalized spacial score (nSPS) is 15.2. The van der Waals surface area contributed by atoms with Gasteiger partial charge >= 0.3 is 0 Å². The molecule has 1 N–H and O–H groups in total. The van der Waals surface area contributed by atoms with Crippen LogP contribution in [0.1, 0.15) is 36.0 Å². The molecule has 0 unspecified atom stereocenters. The predicted octanol–water partition coefficient (Wildman–Crippen LogP) is 3.17. The number of carbonyl (C=O) groups is 1. The van der Waals surface area contributed by atoms with Crippen LogP contribution in [0.4, 0.5) is 0 Å². The van der Waals surface area contributed by atoms with E-state index >= 15 is 0 Å². The van der Waals surface area contributed by atoms with Crippen molar-refractivity contribution in [2.24, 2.45) is 0 Å². The standard InChI is InChI=1S/C18H16ClN3O2/c19-12-6-7-15-14(9-12)18(24)22-10-11(5-8-16(22)21-15)17(23)20-13-3-1-2-4-13/h5-10,13H,1-4H2,(H,20,23). The largest absolute Gasteiger partial charge is 0.349 e. The topological polar surface area (TPSA) is 63.5 Å². The monoisotopic (exact) mass is 341 g/mol. The van der Waals surface area contributed by atoms with E-state index in [-0.39, 0.29) is 17.5 Å². The van der Waals surface area contributed by atoms with Crippen LogP contribution in [0.5, 0.6) is 0 Å². The Morgan fingerprint density at radius 1 is 1.21 bits per heavy atom. The Kier molecular flexibility index (Phi) is 3.73. The van der Waals surface area contributed by atoms with Crippen molar-refractivity contribution in [1.29, 1.82) is 0 Å². The second kappa shape index (κ2) is 5.91. The minimum Gasteiger partial charge on any atom is -0.349 e. The van der Waals surface area contributed by atoms with Crippen molar-refractivity contribution in [3.63, 3.8) is 0 Å². The summed E-state index contributed by atoms with van der Waals surface area (Å²) in [5, 5.41) is 3.95. The molecule has 4 rings (SSSR count). The lowest BCUT2D eigenvalue weighted by molar-refractivity contribution is 0.0937. The number of pyridine rings is 1. The number of rotatable bonds is 2. The van der Waals surface area contributed by atoms with Crippen molar-refractivity contribution in [1.82, 2.24) is 14.7 Å². The lowest BCUT2D eigenvalue weighted by Crippen LogP contribution is -2.33. The zero-order valence-corrected chi connectivity index (χ0v) is 13.7. The van der Waals surface area contributed by atoms with Crippen molar-refractivity contribution in [3.8, 4) is 0 Å². The second-order valence-electron chi connectivity index (χ2n) is 6.18. The van der Waals surface area contributed by atoms with Crippen molar-refractivity contribution >= 4 is 34.1 Å². The van der Waals surface area contributed by atoms with Gasteiger partial charge in [0.05, 0.1) is 16.5 Å². The summed E-state index contributed by atoms with van der Waals surface area (Å²) >= 11 is 5.98. The van der Waals surface area contributed by atoms with Gasteiger partial charge in [0.25, 0.3) is 11.5 Å². The number of benzene rings is 1. The molecule has 1 aromatic carbocycles. The van der Waals surface area contributed by atoms with Crippen molar-refractivity contribution in [3.05, 3.63) is 57.5 Å². The van der Waals surface area contributed by atoms with E-state index in [1.54, 1.807) is 36.5 Å². The third-order valence-electron chi connectivity index (χ3n) is 4.52. The summed E-state index contributed by atoms with van der Waals surface area (Å²) in [4.78, 5) is 29.6. The molecule has 2 heterocycles. The molecule has 0 atom stereocenters. The van der Waals surface area contributed by atoms with Crippen LogP contribution < -0.4 is 10.9 Å². The van der Waals surface area contributed by atoms with Gasteiger partial charge in [-0.3, -0.25) is 14.0 Å². The molecule has 122 valence electrons. The number of hydrogen-bond acceptors (Lipinski definition) is 3. The average Bonchev–Trinajstić information content (AvgIpc) is 3.08. The van der Waals surface area contributed by atoms with Crippen molar-refractivity contribution in [2.75, 3.05) is 0 Å². The lowest BCUT2D eigenvalue weighted by Gasteiger charge is -2.12. The van der Waals surface area contributed by atoms with Gasteiger partial charge in [-0.25, -0.2) is 4.98 Å². The highest BCUT2D eigenvalue weighted by Gasteiger charge is 2.18. The van der Waals surface area contributed by atoms with Crippen LogP contribution in [0.25, 0.3) is 16.6 Å². The fraction of sp³-hybridized carbons (Fsp3) is 0.278. The van der Waals surface area contributed by atoms with Gasteiger partial charge in [0, 0.05) is 17.3 Å². The Labute approximate surface area is 143 Å². The maximum atomic E-state index is 12.7. The quantitative estimate of drug-likeness (QED) is 0.728. The van der Waals surface area contributed by atoms with Gasteiger partial charge in [0.1, 0.15) is 5.65 Å². The second-order valence-corrected chi connectivity index (χ2v) is 6.62. The molecular weight excluding hydrogens is 326 g/mol. The molecule has 1 fully saturated rings. The molecular formula is C18H16ClN3O2. The first-order chi connectivity index (χ1) is 11.6. The van der Waals surface area contributed by atoms with Gasteiger partial charge in [0.15, 0.2) is 0 Å². The highest BCUT2D eigenvalue weighted by Crippen LogP contribution is 2.19. The summed E-state index contributed by atoms with van der Waals surface area (Å²) in [6.45, 7) is 0. The summed E-state index contributed by atoms with van der Waals surface area (Å²) in [7, 11) is 0. The number of hydrogen-bond donors (Lipinski definition) is 1. The molecule has 3 aromatic rings.